The first-order chi connectivity index (χ1) is 27.4. The van der Waals surface area contributed by atoms with Crippen LogP contribution in [-0.2, 0) is 19.4 Å². The summed E-state index contributed by atoms with van der Waals surface area (Å²) in [4.78, 5) is 26.8. The topological polar surface area (TPSA) is 142 Å². The molecule has 0 aliphatic carbocycles. The van der Waals surface area contributed by atoms with Crippen molar-refractivity contribution < 1.29 is 44.7 Å². The normalized spacial score (nSPS) is 21.3. The van der Waals surface area contributed by atoms with Crippen LogP contribution in [0.5, 0.6) is 6.01 Å². The molecule has 0 saturated carbocycles. The SMILES string of the molecule is CCN(c1nc(OC[C@@]23CCCN2C[C@H](F)C3)nc2c(C(F)(F)F)c(-c3ccc(F)c4sc(N)c(C#N)c34)c(C(F)(F)F)cc12)[C@H]1CCN(C(=O)c2cn(C)nn2)C1. The highest BCUT2D eigenvalue weighted by Gasteiger charge is 2.50. The number of alkyl halides is 7. The van der Waals surface area contributed by atoms with Crippen molar-refractivity contribution in [2.75, 3.05) is 50.0 Å². The number of anilines is 2. The smallest absolute Gasteiger partial charge is 0.419 e. The van der Waals surface area contributed by atoms with Crippen molar-refractivity contribution in [2.45, 2.75) is 62.7 Å². The van der Waals surface area contributed by atoms with E-state index < -0.39 is 96.6 Å². The van der Waals surface area contributed by atoms with E-state index in [1.165, 1.54) is 20.7 Å². The summed E-state index contributed by atoms with van der Waals surface area (Å²) in [6.45, 7) is 2.38. The lowest BCUT2D eigenvalue weighted by molar-refractivity contribution is -0.141. The zero-order valence-corrected chi connectivity index (χ0v) is 31.7. The molecule has 58 heavy (non-hydrogen) atoms. The van der Waals surface area contributed by atoms with Gasteiger partial charge in [0, 0.05) is 62.0 Å². The van der Waals surface area contributed by atoms with Crippen LogP contribution in [-0.4, -0.2) is 97.8 Å². The van der Waals surface area contributed by atoms with Crippen molar-refractivity contribution in [3.63, 3.8) is 0 Å². The van der Waals surface area contributed by atoms with Crippen molar-refractivity contribution in [3.8, 4) is 23.2 Å². The lowest BCUT2D eigenvalue weighted by Crippen LogP contribution is -2.43. The molecule has 6 heterocycles. The molecule has 0 unspecified atom stereocenters. The van der Waals surface area contributed by atoms with Crippen LogP contribution in [0.4, 0.5) is 45.9 Å². The predicted octanol–water partition coefficient (Wildman–Crippen LogP) is 6.97. The number of nitriles is 1. The highest BCUT2D eigenvalue weighted by Crippen LogP contribution is 2.52. The Morgan fingerprint density at radius 1 is 1.16 bits per heavy atom. The molecule has 1 amide bonds. The summed E-state index contributed by atoms with van der Waals surface area (Å²) in [5, 5.41) is 16.1. The van der Waals surface area contributed by atoms with Gasteiger partial charge in [-0.05, 0) is 50.4 Å². The van der Waals surface area contributed by atoms with Crippen LogP contribution in [0.1, 0.15) is 59.8 Å². The molecule has 3 aliphatic rings. The van der Waals surface area contributed by atoms with Crippen LogP contribution in [0.3, 0.4) is 0 Å². The van der Waals surface area contributed by atoms with E-state index in [-0.39, 0.29) is 62.1 Å². The molecule has 5 aromatic rings. The van der Waals surface area contributed by atoms with E-state index in [9.17, 15) is 14.4 Å². The first kappa shape index (κ1) is 39.5. The lowest BCUT2D eigenvalue weighted by Gasteiger charge is -2.32. The monoisotopic (exact) mass is 834 g/mol. The van der Waals surface area contributed by atoms with Crippen LogP contribution in [0.2, 0.25) is 0 Å². The molecule has 8 rings (SSSR count). The van der Waals surface area contributed by atoms with Gasteiger partial charge in [-0.25, -0.2) is 8.78 Å². The fraction of sp³-hybridized carbons (Fsp3) is 0.459. The fourth-order valence-electron chi connectivity index (χ4n) is 8.82. The molecule has 0 bridgehead atoms. The van der Waals surface area contributed by atoms with Gasteiger partial charge in [-0.1, -0.05) is 11.3 Å². The third-order valence-corrected chi connectivity index (χ3v) is 12.3. The van der Waals surface area contributed by atoms with Gasteiger partial charge in [-0.2, -0.15) is 41.6 Å². The highest BCUT2D eigenvalue weighted by atomic mass is 32.1. The minimum absolute atomic E-state index is 0.0152. The van der Waals surface area contributed by atoms with E-state index in [1.54, 1.807) is 20.0 Å². The van der Waals surface area contributed by atoms with Gasteiger partial charge in [0.2, 0.25) is 0 Å². The number of hydrogen-bond acceptors (Lipinski definition) is 11. The molecule has 3 saturated heterocycles. The molecule has 306 valence electrons. The van der Waals surface area contributed by atoms with Gasteiger partial charge in [-0.3, -0.25) is 14.4 Å². The molecule has 2 aromatic carbocycles. The number of halogens is 8. The van der Waals surface area contributed by atoms with Crippen LogP contribution in [0.15, 0.2) is 24.4 Å². The van der Waals surface area contributed by atoms with Gasteiger partial charge in [0.05, 0.1) is 38.6 Å². The summed E-state index contributed by atoms with van der Waals surface area (Å²) in [5.41, 5.74) is -1.91. The number of nitrogens with zero attached hydrogens (tertiary/aromatic N) is 9. The Kier molecular flexibility index (Phi) is 9.65. The number of benzene rings is 2. The van der Waals surface area contributed by atoms with Crippen molar-refractivity contribution in [2.24, 2.45) is 7.05 Å². The van der Waals surface area contributed by atoms with Gasteiger partial charge in [-0.15, -0.1) is 16.4 Å². The molecular weight excluding hydrogens is 801 g/mol. The lowest BCUT2D eigenvalue weighted by atomic mass is 9.88. The Hall–Kier alpha value is -5.36. The van der Waals surface area contributed by atoms with Crippen LogP contribution in [0, 0.1) is 17.1 Å². The number of likely N-dealkylation sites (tertiary alicyclic amines) is 1. The maximum absolute atomic E-state index is 15.8. The minimum atomic E-state index is -5.54. The number of nitrogen functional groups attached to an aromatic ring is 1. The predicted molar refractivity (Wildman–Crippen MR) is 196 cm³/mol. The molecule has 2 N–H and O–H groups in total. The van der Waals surface area contributed by atoms with E-state index in [2.05, 4.69) is 20.3 Å². The number of amides is 1. The zero-order chi connectivity index (χ0) is 41.5. The Balaban J connectivity index is 1.36. The molecular formula is C37H34F8N10O2S. The van der Waals surface area contributed by atoms with Crippen molar-refractivity contribution >= 4 is 49.1 Å². The first-order valence-corrected chi connectivity index (χ1v) is 19.1. The summed E-state index contributed by atoms with van der Waals surface area (Å²) in [5.74, 6) is -1.78. The second-order valence-electron chi connectivity index (χ2n) is 14.8. The van der Waals surface area contributed by atoms with Gasteiger partial charge in [0.25, 0.3) is 5.91 Å². The summed E-state index contributed by atoms with van der Waals surface area (Å²) in [6.07, 6.45) is -9.10. The molecule has 12 nitrogen and oxygen atoms in total. The molecule has 3 aliphatic heterocycles. The number of likely N-dealkylation sites (N-methyl/N-ethyl adjacent to an activating group) is 1. The number of thiophene rings is 1. The number of aromatic nitrogens is 5. The van der Waals surface area contributed by atoms with E-state index >= 15 is 30.7 Å². The van der Waals surface area contributed by atoms with Crippen LogP contribution >= 0.6 is 11.3 Å². The molecule has 3 fully saturated rings. The number of aryl methyl sites for hydroxylation is 1. The second kappa shape index (κ2) is 14.2. The van der Waals surface area contributed by atoms with Gasteiger partial charge in [0.1, 0.15) is 35.5 Å². The average Bonchev–Trinajstić information content (AvgIpc) is 3.99. The third-order valence-electron chi connectivity index (χ3n) is 11.3. The molecule has 21 heteroatoms. The minimum Gasteiger partial charge on any atom is -0.461 e. The third kappa shape index (κ3) is 6.59. The first-order valence-electron chi connectivity index (χ1n) is 18.3. The fourth-order valence-corrected chi connectivity index (χ4v) is 9.77. The average molecular weight is 835 g/mol. The molecule has 0 spiro atoms. The summed E-state index contributed by atoms with van der Waals surface area (Å²) < 4.78 is 130. The van der Waals surface area contributed by atoms with Crippen molar-refractivity contribution in [3.05, 3.63) is 52.6 Å². The largest absolute Gasteiger partial charge is 0.461 e. The van der Waals surface area contributed by atoms with Crippen molar-refractivity contribution in [1.29, 1.82) is 5.26 Å². The molecule has 0 radical (unpaired) electrons. The number of rotatable bonds is 8. The number of fused-ring (bicyclic) bond motifs is 3. The van der Waals surface area contributed by atoms with Crippen LogP contribution in [0.25, 0.3) is 32.1 Å². The Morgan fingerprint density at radius 2 is 1.93 bits per heavy atom. The quantitative estimate of drug-likeness (QED) is 0.163. The van der Waals surface area contributed by atoms with Gasteiger partial charge < -0.3 is 20.3 Å². The molecule has 3 atom stereocenters. The summed E-state index contributed by atoms with van der Waals surface area (Å²) in [7, 11) is 1.58. The second-order valence-corrected chi connectivity index (χ2v) is 15.8. The number of nitrogens with two attached hydrogens (primary N) is 1. The van der Waals surface area contributed by atoms with Gasteiger partial charge in [0.15, 0.2) is 5.69 Å². The molecule has 3 aromatic heterocycles. The number of carbonyl (C=O) groups excluding carboxylic acids is 1. The maximum atomic E-state index is 15.8. The van der Waals surface area contributed by atoms with E-state index in [0.717, 1.165) is 18.6 Å². The van der Waals surface area contributed by atoms with Crippen LogP contribution < -0.4 is 15.4 Å². The maximum Gasteiger partial charge on any atom is 0.419 e. The zero-order valence-electron chi connectivity index (χ0n) is 30.9. The van der Waals surface area contributed by atoms with E-state index in [4.69, 9.17) is 10.5 Å². The van der Waals surface area contributed by atoms with Gasteiger partial charge >= 0.3 is 18.4 Å². The number of carbonyl (C=O) groups is 1. The Labute approximate surface area is 328 Å². The number of hydrogen-bond donors (Lipinski definition) is 1. The van der Waals surface area contributed by atoms with Crippen molar-refractivity contribution in [1.82, 2.24) is 34.8 Å². The van der Waals surface area contributed by atoms with E-state index in [0.29, 0.717) is 30.4 Å². The Bertz CT molecular complexity index is 2500. The summed E-state index contributed by atoms with van der Waals surface area (Å²) >= 11 is 0.521. The van der Waals surface area contributed by atoms with E-state index in [1.807, 2.05) is 4.90 Å². The summed E-state index contributed by atoms with van der Waals surface area (Å²) in [6, 6.07) is 2.48. The standard InChI is InChI=1S/C37H34F8N10O2S/c1-3-55(19-7-10-53(15-19)33(56)25-16-52(2)51-50-25)32-21-11-23(36(40,41)42)27(20-5-6-24(39)30-26(20)22(13-46)31(47)58-30)28(37(43,44)45)29(21)48-34(49-32)57-17-35-8-4-9-54(35)14-18(38)12-35/h5-6,11,16,18-19H,3-4,7-10,12,14-15,17,47H2,1-2H3/t18-,19+,35+/m1/s1. The highest BCUT2D eigenvalue weighted by molar-refractivity contribution is 7.23. The Morgan fingerprint density at radius 3 is 2.60 bits per heavy atom. The number of ether oxygens (including phenoxy) is 1.